The Bertz CT molecular complexity index is 596. The Morgan fingerprint density at radius 1 is 1.42 bits per heavy atom. The second kappa shape index (κ2) is 5.03. The molecule has 0 atom stereocenters. The van der Waals surface area contributed by atoms with Gasteiger partial charge in [0.2, 0.25) is 0 Å². The lowest BCUT2D eigenvalue weighted by Gasteiger charge is -2.11. The van der Waals surface area contributed by atoms with E-state index < -0.39 is 0 Å². The number of amides is 1. The van der Waals surface area contributed by atoms with Crippen molar-refractivity contribution in [2.75, 3.05) is 6.54 Å². The Hall–Kier alpha value is -1.84. The molecule has 1 aliphatic rings. The van der Waals surface area contributed by atoms with Crippen molar-refractivity contribution < 1.29 is 4.79 Å². The van der Waals surface area contributed by atoms with Crippen LogP contribution in [0.2, 0.25) is 0 Å². The van der Waals surface area contributed by atoms with Gasteiger partial charge in [-0.3, -0.25) is 4.79 Å². The topological polar surface area (TPSA) is 46.4 Å². The summed E-state index contributed by atoms with van der Waals surface area (Å²) in [4.78, 5) is 12.3. The van der Waals surface area contributed by atoms with Crippen molar-refractivity contribution in [3.8, 4) is 0 Å². The van der Waals surface area contributed by atoms with Crippen LogP contribution in [0.15, 0.2) is 24.4 Å². The van der Waals surface area contributed by atoms with Crippen LogP contribution in [-0.4, -0.2) is 22.1 Å². The second-order valence-corrected chi connectivity index (χ2v) is 5.45. The number of nitrogens with one attached hydrogen (secondary N) is 1. The molecule has 100 valence electrons. The van der Waals surface area contributed by atoms with Gasteiger partial charge >= 0.3 is 0 Å². The van der Waals surface area contributed by atoms with Crippen LogP contribution in [0.4, 0.5) is 0 Å². The highest BCUT2D eigenvalue weighted by atomic mass is 16.1. The molecule has 0 bridgehead atoms. The molecule has 1 fully saturated rings. The highest BCUT2D eigenvalue weighted by molar-refractivity contribution is 5.93. The molecule has 2 heterocycles. The minimum absolute atomic E-state index is 0.0238. The second-order valence-electron chi connectivity index (χ2n) is 5.45. The van der Waals surface area contributed by atoms with Crippen LogP contribution in [0.1, 0.15) is 41.7 Å². The van der Waals surface area contributed by atoms with Crippen molar-refractivity contribution in [2.45, 2.75) is 32.6 Å². The number of fused-ring (bicyclic) bond motifs is 1. The predicted molar refractivity (Wildman–Crippen MR) is 74.2 cm³/mol. The Morgan fingerprint density at radius 3 is 3.00 bits per heavy atom. The Labute approximate surface area is 112 Å². The zero-order chi connectivity index (χ0) is 13.2. The van der Waals surface area contributed by atoms with E-state index in [1.165, 1.54) is 25.7 Å². The monoisotopic (exact) mass is 257 g/mol. The van der Waals surface area contributed by atoms with E-state index in [1.54, 1.807) is 10.7 Å². The van der Waals surface area contributed by atoms with Crippen molar-refractivity contribution in [3.05, 3.63) is 35.7 Å². The minimum atomic E-state index is -0.0238. The number of hydrogen-bond acceptors (Lipinski definition) is 2. The van der Waals surface area contributed by atoms with Gasteiger partial charge in [-0.2, -0.15) is 5.10 Å². The van der Waals surface area contributed by atoms with Gasteiger partial charge in [0.25, 0.3) is 5.91 Å². The maximum absolute atomic E-state index is 12.3. The molecule has 0 spiro atoms. The molecule has 0 radical (unpaired) electrons. The van der Waals surface area contributed by atoms with Crippen LogP contribution in [-0.2, 0) is 0 Å². The largest absolute Gasteiger partial charge is 0.350 e. The molecule has 4 nitrogen and oxygen atoms in total. The van der Waals surface area contributed by atoms with E-state index in [-0.39, 0.29) is 5.91 Å². The summed E-state index contributed by atoms with van der Waals surface area (Å²) in [6.45, 7) is 2.79. The van der Waals surface area contributed by atoms with Gasteiger partial charge in [0.1, 0.15) is 5.69 Å². The Balaban J connectivity index is 1.78. The summed E-state index contributed by atoms with van der Waals surface area (Å²) < 4.78 is 1.71. The average molecular weight is 257 g/mol. The molecule has 1 saturated carbocycles. The summed E-state index contributed by atoms with van der Waals surface area (Å²) >= 11 is 0. The lowest BCUT2D eigenvalue weighted by atomic mass is 10.1. The van der Waals surface area contributed by atoms with Crippen LogP contribution in [0.3, 0.4) is 0 Å². The first kappa shape index (κ1) is 12.2. The molecule has 2 aromatic heterocycles. The summed E-state index contributed by atoms with van der Waals surface area (Å²) in [5, 5.41) is 7.27. The molecular weight excluding hydrogens is 238 g/mol. The summed E-state index contributed by atoms with van der Waals surface area (Å²) in [5.74, 6) is 0.631. The van der Waals surface area contributed by atoms with Gasteiger partial charge in [0.05, 0.1) is 11.7 Å². The van der Waals surface area contributed by atoms with Crippen LogP contribution in [0.25, 0.3) is 5.52 Å². The Morgan fingerprint density at radius 2 is 2.21 bits per heavy atom. The van der Waals surface area contributed by atoms with Gasteiger partial charge < -0.3 is 5.32 Å². The first-order valence-corrected chi connectivity index (χ1v) is 6.96. The molecule has 1 amide bonds. The van der Waals surface area contributed by atoms with Gasteiger partial charge in [-0.15, -0.1) is 0 Å². The highest BCUT2D eigenvalue weighted by Gasteiger charge is 2.17. The fourth-order valence-corrected chi connectivity index (χ4v) is 2.88. The summed E-state index contributed by atoms with van der Waals surface area (Å²) in [5.41, 5.74) is 2.67. The third kappa shape index (κ3) is 2.48. The van der Waals surface area contributed by atoms with E-state index in [0.29, 0.717) is 11.6 Å². The summed E-state index contributed by atoms with van der Waals surface area (Å²) in [6, 6.07) is 5.84. The first-order chi connectivity index (χ1) is 9.24. The lowest BCUT2D eigenvalue weighted by molar-refractivity contribution is 0.0940. The predicted octanol–water partition coefficient (Wildman–Crippen LogP) is 2.56. The van der Waals surface area contributed by atoms with Gasteiger partial charge in [-0.1, -0.05) is 12.8 Å². The van der Waals surface area contributed by atoms with E-state index >= 15 is 0 Å². The van der Waals surface area contributed by atoms with Crippen LogP contribution >= 0.6 is 0 Å². The SMILES string of the molecule is Cc1cc(C(=O)NCC2CCCC2)n2nccc2c1. The van der Waals surface area contributed by atoms with E-state index in [2.05, 4.69) is 10.4 Å². The van der Waals surface area contributed by atoms with Crippen molar-refractivity contribution in [1.82, 2.24) is 14.9 Å². The van der Waals surface area contributed by atoms with Crippen LogP contribution in [0.5, 0.6) is 0 Å². The van der Waals surface area contributed by atoms with Gasteiger partial charge in [-0.25, -0.2) is 4.52 Å². The van der Waals surface area contributed by atoms with Crippen molar-refractivity contribution >= 4 is 11.4 Å². The fraction of sp³-hybridized carbons (Fsp3) is 0.467. The average Bonchev–Trinajstić information content (AvgIpc) is 3.05. The maximum atomic E-state index is 12.3. The normalized spacial score (nSPS) is 16.1. The zero-order valence-electron chi connectivity index (χ0n) is 11.2. The number of pyridine rings is 1. The van der Waals surface area contributed by atoms with E-state index in [9.17, 15) is 4.79 Å². The number of carbonyl (C=O) groups excluding carboxylic acids is 1. The van der Waals surface area contributed by atoms with Crippen LogP contribution < -0.4 is 5.32 Å². The number of carbonyl (C=O) groups is 1. The number of nitrogens with zero attached hydrogens (tertiary/aromatic N) is 2. The third-order valence-electron chi connectivity index (χ3n) is 3.90. The van der Waals surface area contributed by atoms with Crippen molar-refractivity contribution in [3.63, 3.8) is 0 Å². The number of hydrogen-bond donors (Lipinski definition) is 1. The molecule has 0 unspecified atom stereocenters. The van der Waals surface area contributed by atoms with E-state index in [0.717, 1.165) is 17.6 Å². The summed E-state index contributed by atoms with van der Waals surface area (Å²) in [7, 11) is 0. The molecule has 19 heavy (non-hydrogen) atoms. The molecule has 4 heteroatoms. The molecule has 1 aliphatic carbocycles. The smallest absolute Gasteiger partial charge is 0.269 e. The van der Waals surface area contributed by atoms with Gasteiger partial charge in [0, 0.05) is 6.54 Å². The molecule has 1 N–H and O–H groups in total. The van der Waals surface area contributed by atoms with Crippen LogP contribution in [0, 0.1) is 12.8 Å². The van der Waals surface area contributed by atoms with Crippen molar-refractivity contribution in [2.24, 2.45) is 5.92 Å². The zero-order valence-corrected chi connectivity index (χ0v) is 11.2. The molecule has 0 saturated heterocycles. The molecule has 3 rings (SSSR count). The third-order valence-corrected chi connectivity index (χ3v) is 3.90. The number of aromatic nitrogens is 2. The maximum Gasteiger partial charge on any atom is 0.269 e. The number of rotatable bonds is 3. The minimum Gasteiger partial charge on any atom is -0.350 e. The van der Waals surface area contributed by atoms with E-state index in [1.807, 2.05) is 25.1 Å². The van der Waals surface area contributed by atoms with Gasteiger partial charge in [0.15, 0.2) is 0 Å². The quantitative estimate of drug-likeness (QED) is 0.918. The first-order valence-electron chi connectivity index (χ1n) is 6.96. The van der Waals surface area contributed by atoms with E-state index in [4.69, 9.17) is 0 Å². The fourth-order valence-electron chi connectivity index (χ4n) is 2.88. The molecule has 0 aromatic carbocycles. The summed E-state index contributed by atoms with van der Waals surface area (Å²) in [6.07, 6.45) is 6.81. The van der Waals surface area contributed by atoms with Gasteiger partial charge in [-0.05, 0) is 49.4 Å². The molecule has 0 aliphatic heterocycles. The van der Waals surface area contributed by atoms with Crippen molar-refractivity contribution in [1.29, 1.82) is 0 Å². The molecule has 2 aromatic rings. The lowest BCUT2D eigenvalue weighted by Crippen LogP contribution is -2.30. The number of aryl methyl sites for hydroxylation is 1. The Kier molecular flexibility index (Phi) is 3.23. The standard InChI is InChI=1S/C15H19N3O/c1-11-8-13-6-7-17-18(13)14(9-11)15(19)16-10-12-4-2-3-5-12/h6-9,12H,2-5,10H2,1H3,(H,16,19). The molecular formula is C15H19N3O. The highest BCUT2D eigenvalue weighted by Crippen LogP contribution is 2.23.